The highest BCUT2D eigenvalue weighted by atomic mass is 16.5. The number of hydrogen-bond donors (Lipinski definition) is 2. The number of nitrogens with two attached hydrogens (primary N) is 1. The van der Waals surface area contributed by atoms with Gasteiger partial charge >= 0.3 is 0 Å². The molecule has 0 amide bonds. The maximum Gasteiger partial charge on any atom is 0.119 e. The zero-order valence-electron chi connectivity index (χ0n) is 8.85. The highest BCUT2D eigenvalue weighted by Crippen LogP contribution is 2.13. The third-order valence-corrected chi connectivity index (χ3v) is 1.84. The van der Waals surface area contributed by atoms with Crippen molar-refractivity contribution in [2.45, 2.75) is 13.0 Å². The number of nitrogen functional groups attached to an aromatic ring is 1. The SMILES string of the molecule is CCOC[C@@H](O)COc1ccc(N)cc1. The van der Waals surface area contributed by atoms with Crippen LogP contribution in [0.25, 0.3) is 0 Å². The van der Waals surface area contributed by atoms with Gasteiger partial charge in [0.25, 0.3) is 0 Å². The van der Waals surface area contributed by atoms with Gasteiger partial charge in [-0.2, -0.15) is 0 Å². The molecule has 1 aromatic carbocycles. The molecule has 0 spiro atoms. The number of rotatable bonds is 6. The van der Waals surface area contributed by atoms with Gasteiger partial charge in [0.1, 0.15) is 18.5 Å². The molecule has 0 bridgehead atoms. The molecule has 84 valence electrons. The molecule has 0 heterocycles. The molecule has 15 heavy (non-hydrogen) atoms. The molecule has 0 radical (unpaired) electrons. The number of aliphatic hydroxyl groups is 1. The number of ether oxygens (including phenoxy) is 2. The fourth-order valence-corrected chi connectivity index (χ4v) is 1.06. The Morgan fingerprint density at radius 2 is 1.93 bits per heavy atom. The second kappa shape index (κ2) is 6.27. The molecule has 1 atom stereocenters. The molecule has 1 rings (SSSR count). The summed E-state index contributed by atoms with van der Waals surface area (Å²) in [5.74, 6) is 0.694. The topological polar surface area (TPSA) is 64.7 Å². The van der Waals surface area contributed by atoms with Crippen molar-refractivity contribution in [3.05, 3.63) is 24.3 Å². The first-order valence-corrected chi connectivity index (χ1v) is 4.96. The van der Waals surface area contributed by atoms with Crippen LogP contribution in [0.5, 0.6) is 5.75 Å². The van der Waals surface area contributed by atoms with Crippen molar-refractivity contribution in [1.82, 2.24) is 0 Å². The Bertz CT molecular complexity index is 274. The van der Waals surface area contributed by atoms with Gasteiger partial charge in [0.2, 0.25) is 0 Å². The maximum absolute atomic E-state index is 9.42. The molecule has 0 unspecified atom stereocenters. The van der Waals surface area contributed by atoms with Crippen LogP contribution >= 0.6 is 0 Å². The fraction of sp³-hybridized carbons (Fsp3) is 0.455. The Kier molecular flexibility index (Phi) is 4.93. The minimum Gasteiger partial charge on any atom is -0.491 e. The van der Waals surface area contributed by atoms with E-state index in [0.717, 1.165) is 0 Å². The lowest BCUT2D eigenvalue weighted by Gasteiger charge is -2.12. The first kappa shape index (κ1) is 11.8. The molecule has 3 N–H and O–H groups in total. The average molecular weight is 211 g/mol. The number of aliphatic hydroxyl groups excluding tert-OH is 1. The van der Waals surface area contributed by atoms with Gasteiger partial charge in [-0.25, -0.2) is 0 Å². The average Bonchev–Trinajstić information content (AvgIpc) is 2.25. The molecule has 0 fully saturated rings. The molecule has 0 aliphatic heterocycles. The number of benzene rings is 1. The second-order valence-corrected chi connectivity index (χ2v) is 3.19. The van der Waals surface area contributed by atoms with Crippen molar-refractivity contribution in [1.29, 1.82) is 0 Å². The predicted molar refractivity (Wildman–Crippen MR) is 58.8 cm³/mol. The Morgan fingerprint density at radius 3 is 2.53 bits per heavy atom. The molecular formula is C11H17NO3. The van der Waals surface area contributed by atoms with E-state index in [4.69, 9.17) is 15.2 Å². The van der Waals surface area contributed by atoms with E-state index in [2.05, 4.69) is 0 Å². The van der Waals surface area contributed by atoms with Crippen LogP contribution in [-0.4, -0.2) is 31.0 Å². The third kappa shape index (κ3) is 4.67. The quantitative estimate of drug-likeness (QED) is 0.690. The van der Waals surface area contributed by atoms with E-state index in [-0.39, 0.29) is 6.61 Å². The van der Waals surface area contributed by atoms with Crippen LogP contribution in [0.1, 0.15) is 6.92 Å². The van der Waals surface area contributed by atoms with E-state index in [1.54, 1.807) is 24.3 Å². The van der Waals surface area contributed by atoms with Crippen LogP contribution in [0.2, 0.25) is 0 Å². The van der Waals surface area contributed by atoms with Crippen LogP contribution in [0.3, 0.4) is 0 Å². The molecule has 1 aromatic rings. The van der Waals surface area contributed by atoms with Crippen LogP contribution in [-0.2, 0) is 4.74 Å². The van der Waals surface area contributed by atoms with E-state index < -0.39 is 6.10 Å². The molecule has 4 nitrogen and oxygen atoms in total. The van der Waals surface area contributed by atoms with Gasteiger partial charge < -0.3 is 20.3 Å². The van der Waals surface area contributed by atoms with E-state index in [9.17, 15) is 5.11 Å². The Hall–Kier alpha value is -1.26. The van der Waals surface area contributed by atoms with E-state index in [0.29, 0.717) is 24.7 Å². The zero-order valence-corrected chi connectivity index (χ0v) is 8.85. The molecule has 0 saturated carbocycles. The zero-order chi connectivity index (χ0) is 11.1. The van der Waals surface area contributed by atoms with Gasteiger partial charge in [-0.3, -0.25) is 0 Å². The summed E-state index contributed by atoms with van der Waals surface area (Å²) in [4.78, 5) is 0. The molecule has 0 aliphatic carbocycles. The summed E-state index contributed by atoms with van der Waals surface area (Å²) in [5.41, 5.74) is 6.22. The lowest BCUT2D eigenvalue weighted by atomic mass is 10.3. The summed E-state index contributed by atoms with van der Waals surface area (Å²) in [6.07, 6.45) is -0.595. The van der Waals surface area contributed by atoms with E-state index >= 15 is 0 Å². The van der Waals surface area contributed by atoms with Gasteiger partial charge in [-0.1, -0.05) is 0 Å². The Labute approximate surface area is 89.6 Å². The van der Waals surface area contributed by atoms with E-state index in [1.165, 1.54) is 0 Å². The minimum atomic E-state index is -0.595. The number of hydrogen-bond acceptors (Lipinski definition) is 4. The standard InChI is InChI=1S/C11H17NO3/c1-2-14-7-10(13)8-15-11-5-3-9(12)4-6-11/h3-6,10,13H,2,7-8,12H2,1H3/t10-/m1/s1. The van der Waals surface area contributed by atoms with Gasteiger partial charge in [0.05, 0.1) is 6.61 Å². The lowest BCUT2D eigenvalue weighted by molar-refractivity contribution is 0.0164. The van der Waals surface area contributed by atoms with E-state index in [1.807, 2.05) is 6.92 Å². The highest BCUT2D eigenvalue weighted by Gasteiger charge is 2.04. The normalized spacial score (nSPS) is 12.4. The summed E-state index contributed by atoms with van der Waals surface area (Å²) in [6, 6.07) is 7.04. The molecule has 0 saturated heterocycles. The van der Waals surface area contributed by atoms with Crippen molar-refractivity contribution >= 4 is 5.69 Å². The lowest BCUT2D eigenvalue weighted by Crippen LogP contribution is -2.23. The summed E-state index contributed by atoms with van der Waals surface area (Å²) in [6.45, 7) is 3.00. The highest BCUT2D eigenvalue weighted by molar-refractivity contribution is 5.41. The molecular weight excluding hydrogens is 194 g/mol. The van der Waals surface area contributed by atoms with Crippen LogP contribution in [0.15, 0.2) is 24.3 Å². The molecule has 0 aliphatic rings. The second-order valence-electron chi connectivity index (χ2n) is 3.19. The summed E-state index contributed by atoms with van der Waals surface area (Å²) in [7, 11) is 0. The smallest absolute Gasteiger partial charge is 0.119 e. The first-order chi connectivity index (χ1) is 7.22. The van der Waals surface area contributed by atoms with Crippen molar-refractivity contribution in [3.63, 3.8) is 0 Å². The van der Waals surface area contributed by atoms with Crippen LogP contribution in [0, 0.1) is 0 Å². The Morgan fingerprint density at radius 1 is 1.27 bits per heavy atom. The molecule has 4 heteroatoms. The van der Waals surface area contributed by atoms with Gasteiger partial charge in [0, 0.05) is 12.3 Å². The van der Waals surface area contributed by atoms with Crippen molar-refractivity contribution < 1.29 is 14.6 Å². The van der Waals surface area contributed by atoms with Crippen molar-refractivity contribution in [2.24, 2.45) is 0 Å². The summed E-state index contributed by atoms with van der Waals surface area (Å²) >= 11 is 0. The largest absolute Gasteiger partial charge is 0.491 e. The van der Waals surface area contributed by atoms with Crippen molar-refractivity contribution in [3.8, 4) is 5.75 Å². The first-order valence-electron chi connectivity index (χ1n) is 4.96. The summed E-state index contributed by atoms with van der Waals surface area (Å²) < 4.78 is 10.4. The summed E-state index contributed by atoms with van der Waals surface area (Å²) in [5, 5.41) is 9.42. The van der Waals surface area contributed by atoms with Gasteiger partial charge in [-0.15, -0.1) is 0 Å². The maximum atomic E-state index is 9.42. The minimum absolute atomic E-state index is 0.226. The monoisotopic (exact) mass is 211 g/mol. The predicted octanol–water partition coefficient (Wildman–Crippen LogP) is 1.05. The van der Waals surface area contributed by atoms with Crippen LogP contribution in [0.4, 0.5) is 5.69 Å². The van der Waals surface area contributed by atoms with Crippen molar-refractivity contribution in [2.75, 3.05) is 25.6 Å². The number of anilines is 1. The van der Waals surface area contributed by atoms with Crippen LogP contribution < -0.4 is 10.5 Å². The van der Waals surface area contributed by atoms with Gasteiger partial charge in [-0.05, 0) is 31.2 Å². The molecule has 0 aromatic heterocycles. The Balaban J connectivity index is 2.27. The van der Waals surface area contributed by atoms with Gasteiger partial charge in [0.15, 0.2) is 0 Å². The fourth-order valence-electron chi connectivity index (χ4n) is 1.06. The third-order valence-electron chi connectivity index (χ3n) is 1.84.